The van der Waals surface area contributed by atoms with Crippen LogP contribution in [0.4, 0.5) is 0 Å². The molecule has 0 aliphatic carbocycles. The van der Waals surface area contributed by atoms with Gasteiger partial charge < -0.3 is 15.0 Å². The molecule has 0 saturated carbocycles. The highest BCUT2D eigenvalue weighted by atomic mass is 35.5. The molecule has 0 spiro atoms. The van der Waals surface area contributed by atoms with Crippen LogP contribution in [0.25, 0.3) is 0 Å². The largest absolute Gasteiger partial charge is 0.373 e. The van der Waals surface area contributed by atoms with Crippen LogP contribution in [0.3, 0.4) is 0 Å². The Labute approximate surface area is 118 Å². The molecule has 1 N–H and O–H groups in total. The molecule has 1 aromatic carbocycles. The van der Waals surface area contributed by atoms with Crippen LogP contribution in [0.1, 0.15) is 15.9 Å². The van der Waals surface area contributed by atoms with Crippen molar-refractivity contribution in [2.45, 2.75) is 13.0 Å². The number of likely N-dealkylation sites (N-methyl/N-ethyl adjacent to an activating group) is 1. The number of halogens is 1. The fourth-order valence-corrected chi connectivity index (χ4v) is 2.42. The van der Waals surface area contributed by atoms with Crippen molar-refractivity contribution in [3.63, 3.8) is 0 Å². The number of aryl methyl sites for hydroxylation is 1. The van der Waals surface area contributed by atoms with Gasteiger partial charge in [0, 0.05) is 30.2 Å². The van der Waals surface area contributed by atoms with Crippen LogP contribution in [0, 0.1) is 6.92 Å². The molecule has 5 heteroatoms. The van der Waals surface area contributed by atoms with Gasteiger partial charge >= 0.3 is 0 Å². The van der Waals surface area contributed by atoms with Crippen LogP contribution in [-0.2, 0) is 4.74 Å². The Balaban J connectivity index is 2.12. The molecule has 1 heterocycles. The summed E-state index contributed by atoms with van der Waals surface area (Å²) in [5, 5.41) is 3.66. The third-order valence-corrected chi connectivity index (χ3v) is 3.52. The van der Waals surface area contributed by atoms with E-state index in [4.69, 9.17) is 16.3 Å². The standard InChI is InChI=1S/C14H19ClN2O2/c1-10-3-4-11(15)7-13(10)14(18)17-5-6-19-12(9-17)8-16-2/h3-4,7,12,16H,5-6,8-9H2,1-2H3. The zero-order valence-electron chi connectivity index (χ0n) is 11.3. The van der Waals surface area contributed by atoms with Gasteiger partial charge in [0.2, 0.25) is 0 Å². The Kier molecular flexibility index (Phi) is 4.80. The van der Waals surface area contributed by atoms with Gasteiger partial charge in [-0.1, -0.05) is 17.7 Å². The maximum absolute atomic E-state index is 12.5. The summed E-state index contributed by atoms with van der Waals surface area (Å²) in [5.41, 5.74) is 1.63. The van der Waals surface area contributed by atoms with E-state index in [0.29, 0.717) is 30.3 Å². The van der Waals surface area contributed by atoms with Crippen molar-refractivity contribution < 1.29 is 9.53 Å². The number of hydrogen-bond donors (Lipinski definition) is 1. The molecule has 1 saturated heterocycles. The molecule has 1 amide bonds. The molecular formula is C14H19ClN2O2. The van der Waals surface area contributed by atoms with Gasteiger partial charge in [0.15, 0.2) is 0 Å². The highest BCUT2D eigenvalue weighted by Gasteiger charge is 2.25. The number of carbonyl (C=O) groups is 1. The second kappa shape index (κ2) is 6.37. The van der Waals surface area contributed by atoms with Crippen LogP contribution < -0.4 is 5.32 Å². The van der Waals surface area contributed by atoms with E-state index in [1.54, 1.807) is 12.1 Å². The predicted molar refractivity (Wildman–Crippen MR) is 75.8 cm³/mol. The zero-order valence-corrected chi connectivity index (χ0v) is 12.0. The number of carbonyl (C=O) groups excluding carboxylic acids is 1. The molecule has 1 aliphatic heterocycles. The van der Waals surface area contributed by atoms with Crippen LogP contribution in [-0.4, -0.2) is 50.2 Å². The average Bonchev–Trinajstić information content (AvgIpc) is 2.41. The third kappa shape index (κ3) is 3.47. The van der Waals surface area contributed by atoms with Crippen molar-refractivity contribution in [1.82, 2.24) is 10.2 Å². The van der Waals surface area contributed by atoms with Gasteiger partial charge in [-0.2, -0.15) is 0 Å². The van der Waals surface area contributed by atoms with Gasteiger partial charge in [-0.3, -0.25) is 4.79 Å². The molecule has 104 valence electrons. The summed E-state index contributed by atoms with van der Waals surface area (Å²) in [6.07, 6.45) is 0.0576. The molecule has 0 radical (unpaired) electrons. The van der Waals surface area contributed by atoms with Crippen molar-refractivity contribution in [3.05, 3.63) is 34.3 Å². The van der Waals surface area contributed by atoms with E-state index in [0.717, 1.165) is 12.1 Å². The molecule has 4 nitrogen and oxygen atoms in total. The molecule has 0 aromatic heterocycles. The molecule has 0 bridgehead atoms. The SMILES string of the molecule is CNCC1CN(C(=O)c2cc(Cl)ccc2C)CCO1. The Bertz CT molecular complexity index is 463. The number of amides is 1. The minimum Gasteiger partial charge on any atom is -0.373 e. The normalized spacial score (nSPS) is 19.5. The van der Waals surface area contributed by atoms with Crippen LogP contribution in [0.15, 0.2) is 18.2 Å². The summed E-state index contributed by atoms with van der Waals surface area (Å²) in [4.78, 5) is 14.4. The highest BCUT2D eigenvalue weighted by Crippen LogP contribution is 2.18. The number of hydrogen-bond acceptors (Lipinski definition) is 3. The fraction of sp³-hybridized carbons (Fsp3) is 0.500. The van der Waals surface area contributed by atoms with Crippen LogP contribution in [0.2, 0.25) is 5.02 Å². The van der Waals surface area contributed by atoms with Crippen molar-refractivity contribution in [2.24, 2.45) is 0 Å². The second-order valence-corrected chi connectivity index (χ2v) is 5.20. The van der Waals surface area contributed by atoms with Crippen molar-refractivity contribution in [3.8, 4) is 0 Å². The lowest BCUT2D eigenvalue weighted by atomic mass is 10.1. The van der Waals surface area contributed by atoms with E-state index < -0.39 is 0 Å². The van der Waals surface area contributed by atoms with E-state index >= 15 is 0 Å². The van der Waals surface area contributed by atoms with E-state index in [2.05, 4.69) is 5.32 Å². The Hall–Kier alpha value is -1.10. The Morgan fingerprint density at radius 1 is 1.58 bits per heavy atom. The molecule has 1 aliphatic rings. The highest BCUT2D eigenvalue weighted by molar-refractivity contribution is 6.31. The van der Waals surface area contributed by atoms with Gasteiger partial charge in [0.05, 0.1) is 12.7 Å². The van der Waals surface area contributed by atoms with Gasteiger partial charge in [-0.15, -0.1) is 0 Å². The summed E-state index contributed by atoms with van der Waals surface area (Å²) in [7, 11) is 1.88. The van der Waals surface area contributed by atoms with Gasteiger partial charge in [-0.05, 0) is 31.7 Å². The Morgan fingerprint density at radius 2 is 2.37 bits per heavy atom. The van der Waals surface area contributed by atoms with E-state index in [-0.39, 0.29) is 12.0 Å². The third-order valence-electron chi connectivity index (χ3n) is 3.29. The lowest BCUT2D eigenvalue weighted by Gasteiger charge is -2.33. The summed E-state index contributed by atoms with van der Waals surface area (Å²) >= 11 is 5.97. The molecule has 2 rings (SSSR count). The predicted octanol–water partition coefficient (Wildman–Crippen LogP) is 1.71. The van der Waals surface area contributed by atoms with Gasteiger partial charge in [0.25, 0.3) is 5.91 Å². The topological polar surface area (TPSA) is 41.6 Å². The monoisotopic (exact) mass is 282 g/mol. The number of nitrogens with zero attached hydrogens (tertiary/aromatic N) is 1. The molecule has 19 heavy (non-hydrogen) atoms. The lowest BCUT2D eigenvalue weighted by Crippen LogP contribution is -2.48. The van der Waals surface area contributed by atoms with Crippen molar-refractivity contribution >= 4 is 17.5 Å². The first-order valence-corrected chi connectivity index (χ1v) is 6.81. The zero-order chi connectivity index (χ0) is 13.8. The molecule has 1 aromatic rings. The first-order chi connectivity index (χ1) is 9.11. The average molecular weight is 283 g/mol. The van der Waals surface area contributed by atoms with Gasteiger partial charge in [0.1, 0.15) is 0 Å². The maximum Gasteiger partial charge on any atom is 0.254 e. The summed E-state index contributed by atoms with van der Waals surface area (Å²) < 4.78 is 5.61. The number of rotatable bonds is 3. The van der Waals surface area contributed by atoms with E-state index in [9.17, 15) is 4.79 Å². The first kappa shape index (κ1) is 14.3. The molecule has 1 fully saturated rings. The van der Waals surface area contributed by atoms with E-state index in [1.165, 1.54) is 0 Å². The molecule has 1 unspecified atom stereocenters. The smallest absolute Gasteiger partial charge is 0.254 e. The summed E-state index contributed by atoms with van der Waals surface area (Å²) in [5.74, 6) is 0.0319. The number of ether oxygens (including phenoxy) is 1. The van der Waals surface area contributed by atoms with E-state index in [1.807, 2.05) is 24.9 Å². The minimum atomic E-state index is 0.0319. The van der Waals surface area contributed by atoms with Crippen molar-refractivity contribution in [1.29, 1.82) is 0 Å². The van der Waals surface area contributed by atoms with Gasteiger partial charge in [-0.25, -0.2) is 0 Å². The second-order valence-electron chi connectivity index (χ2n) is 4.76. The maximum atomic E-state index is 12.5. The van der Waals surface area contributed by atoms with Crippen LogP contribution in [0.5, 0.6) is 0 Å². The summed E-state index contributed by atoms with van der Waals surface area (Å²) in [6.45, 7) is 4.50. The summed E-state index contributed by atoms with van der Waals surface area (Å²) in [6, 6.07) is 5.42. The number of morpholine rings is 1. The number of benzene rings is 1. The fourth-order valence-electron chi connectivity index (χ4n) is 2.25. The van der Waals surface area contributed by atoms with Crippen LogP contribution >= 0.6 is 11.6 Å². The van der Waals surface area contributed by atoms with Crippen molar-refractivity contribution in [2.75, 3.05) is 33.3 Å². The molecular weight excluding hydrogens is 264 g/mol. The quantitative estimate of drug-likeness (QED) is 0.918. The molecule has 1 atom stereocenters. The Morgan fingerprint density at radius 3 is 3.11 bits per heavy atom. The lowest BCUT2D eigenvalue weighted by molar-refractivity contribution is -0.0196. The minimum absolute atomic E-state index is 0.0319. The first-order valence-electron chi connectivity index (χ1n) is 6.43. The number of nitrogens with one attached hydrogen (secondary N) is 1.